The van der Waals surface area contributed by atoms with E-state index in [-0.39, 0.29) is 6.04 Å². The van der Waals surface area contributed by atoms with Gasteiger partial charge in [-0.1, -0.05) is 44.2 Å². The summed E-state index contributed by atoms with van der Waals surface area (Å²) in [6.07, 6.45) is 2.70. The van der Waals surface area contributed by atoms with Crippen LogP contribution in [0.1, 0.15) is 31.9 Å². The number of rotatable bonds is 6. The molecule has 0 saturated carbocycles. The molecule has 5 heteroatoms. The van der Waals surface area contributed by atoms with Crippen molar-refractivity contribution in [1.82, 2.24) is 10.3 Å². The molecule has 0 aliphatic rings. The number of pyridine rings is 1. The molecule has 122 valence electrons. The maximum atomic E-state index is 5.45. The minimum Gasteiger partial charge on any atom is -0.493 e. The van der Waals surface area contributed by atoms with Gasteiger partial charge in [0.2, 0.25) is 0 Å². The van der Waals surface area contributed by atoms with Gasteiger partial charge in [0, 0.05) is 6.20 Å². The summed E-state index contributed by atoms with van der Waals surface area (Å²) < 4.78 is 5.29. The molecule has 23 heavy (non-hydrogen) atoms. The lowest BCUT2D eigenvalue weighted by molar-refractivity contribution is 0.415. The Bertz CT molecular complexity index is 631. The second-order valence-corrected chi connectivity index (χ2v) is 6.15. The Balaban J connectivity index is 2.08. The maximum Gasteiger partial charge on any atom is 0.174 e. The van der Waals surface area contributed by atoms with Crippen LogP contribution in [0.25, 0.3) is 0 Å². The number of thiocarbonyl (C=S) groups is 1. The molecule has 0 radical (unpaired) electrons. The van der Waals surface area contributed by atoms with Crippen molar-refractivity contribution in [2.45, 2.75) is 26.3 Å². The van der Waals surface area contributed by atoms with Gasteiger partial charge in [-0.2, -0.15) is 0 Å². The molecular weight excluding hydrogens is 306 g/mol. The summed E-state index contributed by atoms with van der Waals surface area (Å²) in [5.41, 5.74) is 1.22. The normalized spacial score (nSPS) is 11.8. The fourth-order valence-electron chi connectivity index (χ4n) is 2.39. The van der Waals surface area contributed by atoms with Gasteiger partial charge in [0.15, 0.2) is 16.7 Å². The molecule has 4 nitrogen and oxygen atoms in total. The number of anilines is 1. The van der Waals surface area contributed by atoms with Crippen LogP contribution in [-0.2, 0) is 0 Å². The zero-order valence-electron chi connectivity index (χ0n) is 13.7. The molecule has 1 aromatic heterocycles. The standard InChI is InChI=1S/C18H23N3OS/c1-13(2)12-15(14-8-5-4-6-9-14)20-18(23)21-17-16(22-3)10-7-11-19-17/h4-11,13,15H,12H2,1-3H3,(H2,19,20,21,23)/t15-/m1/s1. The molecule has 0 amide bonds. The Morgan fingerprint density at radius 3 is 2.57 bits per heavy atom. The van der Waals surface area contributed by atoms with Crippen LogP contribution >= 0.6 is 12.2 Å². The predicted octanol–water partition coefficient (Wildman–Crippen LogP) is 4.16. The summed E-state index contributed by atoms with van der Waals surface area (Å²) in [5, 5.41) is 7.05. The Morgan fingerprint density at radius 1 is 1.17 bits per heavy atom. The van der Waals surface area contributed by atoms with E-state index < -0.39 is 0 Å². The van der Waals surface area contributed by atoms with Gasteiger partial charge >= 0.3 is 0 Å². The van der Waals surface area contributed by atoms with Crippen molar-refractivity contribution in [3.63, 3.8) is 0 Å². The van der Waals surface area contributed by atoms with Crippen LogP contribution in [0.4, 0.5) is 5.82 Å². The van der Waals surface area contributed by atoms with Crippen LogP contribution < -0.4 is 15.4 Å². The number of methoxy groups -OCH3 is 1. The van der Waals surface area contributed by atoms with Crippen molar-refractivity contribution < 1.29 is 4.74 Å². The van der Waals surface area contributed by atoms with Crippen molar-refractivity contribution in [3.05, 3.63) is 54.2 Å². The first-order chi connectivity index (χ1) is 11.1. The topological polar surface area (TPSA) is 46.2 Å². The van der Waals surface area contributed by atoms with Gasteiger partial charge in [0.25, 0.3) is 0 Å². The zero-order chi connectivity index (χ0) is 16.7. The first kappa shape index (κ1) is 17.2. The van der Waals surface area contributed by atoms with Gasteiger partial charge in [0.1, 0.15) is 0 Å². The molecule has 0 aliphatic heterocycles. The fourth-order valence-corrected chi connectivity index (χ4v) is 2.63. The van der Waals surface area contributed by atoms with E-state index in [4.69, 9.17) is 17.0 Å². The summed E-state index contributed by atoms with van der Waals surface area (Å²) >= 11 is 5.45. The fraction of sp³-hybridized carbons (Fsp3) is 0.333. The quantitative estimate of drug-likeness (QED) is 0.779. The number of ether oxygens (including phenoxy) is 1. The van der Waals surface area contributed by atoms with Crippen LogP contribution in [0.3, 0.4) is 0 Å². The lowest BCUT2D eigenvalue weighted by Gasteiger charge is -2.23. The van der Waals surface area contributed by atoms with E-state index in [0.717, 1.165) is 6.42 Å². The highest BCUT2D eigenvalue weighted by Crippen LogP contribution is 2.23. The second kappa shape index (κ2) is 8.48. The molecule has 1 atom stereocenters. The minimum absolute atomic E-state index is 0.158. The van der Waals surface area contributed by atoms with Crippen LogP contribution in [0.2, 0.25) is 0 Å². The van der Waals surface area contributed by atoms with Gasteiger partial charge in [-0.25, -0.2) is 4.98 Å². The Labute approximate surface area is 143 Å². The maximum absolute atomic E-state index is 5.45. The van der Waals surface area contributed by atoms with Crippen LogP contribution in [0.5, 0.6) is 5.75 Å². The van der Waals surface area contributed by atoms with Crippen LogP contribution in [0, 0.1) is 5.92 Å². The Morgan fingerprint density at radius 2 is 1.91 bits per heavy atom. The molecule has 2 rings (SSSR count). The molecule has 0 aliphatic carbocycles. The van der Waals surface area contributed by atoms with Crippen molar-refractivity contribution in [3.8, 4) is 5.75 Å². The molecule has 0 bridgehead atoms. The van der Waals surface area contributed by atoms with Crippen LogP contribution in [0.15, 0.2) is 48.7 Å². The molecule has 2 N–H and O–H groups in total. The first-order valence-corrected chi connectivity index (χ1v) is 8.12. The monoisotopic (exact) mass is 329 g/mol. The number of nitrogens with one attached hydrogen (secondary N) is 2. The predicted molar refractivity (Wildman–Crippen MR) is 98.8 cm³/mol. The lowest BCUT2D eigenvalue weighted by atomic mass is 9.97. The van der Waals surface area contributed by atoms with Crippen LogP contribution in [-0.4, -0.2) is 17.2 Å². The van der Waals surface area contributed by atoms with Gasteiger partial charge in [-0.3, -0.25) is 0 Å². The molecule has 2 aromatic rings. The van der Waals surface area contributed by atoms with Crippen molar-refractivity contribution in [1.29, 1.82) is 0 Å². The second-order valence-electron chi connectivity index (χ2n) is 5.75. The molecule has 0 unspecified atom stereocenters. The van der Waals surface area contributed by atoms with E-state index in [1.807, 2.05) is 30.3 Å². The zero-order valence-corrected chi connectivity index (χ0v) is 14.6. The van der Waals surface area contributed by atoms with Gasteiger partial charge < -0.3 is 15.4 Å². The smallest absolute Gasteiger partial charge is 0.174 e. The Kier molecular flexibility index (Phi) is 6.35. The first-order valence-electron chi connectivity index (χ1n) is 7.71. The van der Waals surface area contributed by atoms with E-state index >= 15 is 0 Å². The number of aromatic nitrogens is 1. The largest absolute Gasteiger partial charge is 0.493 e. The Hall–Kier alpha value is -2.14. The highest BCUT2D eigenvalue weighted by molar-refractivity contribution is 7.80. The number of nitrogens with zero attached hydrogens (tertiary/aromatic N) is 1. The van der Waals surface area contributed by atoms with E-state index in [1.54, 1.807) is 13.3 Å². The summed E-state index contributed by atoms with van der Waals surface area (Å²) in [6.45, 7) is 4.41. The highest BCUT2D eigenvalue weighted by atomic mass is 32.1. The van der Waals surface area contributed by atoms with E-state index in [0.29, 0.717) is 22.6 Å². The van der Waals surface area contributed by atoms with E-state index in [9.17, 15) is 0 Å². The van der Waals surface area contributed by atoms with Gasteiger partial charge in [-0.15, -0.1) is 0 Å². The molecule has 0 saturated heterocycles. The third-order valence-corrected chi connectivity index (χ3v) is 3.66. The summed E-state index contributed by atoms with van der Waals surface area (Å²) in [6, 6.07) is 14.2. The summed E-state index contributed by atoms with van der Waals surface area (Å²) in [4.78, 5) is 4.27. The number of hydrogen-bond donors (Lipinski definition) is 2. The van der Waals surface area contributed by atoms with E-state index in [1.165, 1.54) is 5.56 Å². The third kappa shape index (κ3) is 5.21. The van der Waals surface area contributed by atoms with Gasteiger partial charge in [0.05, 0.1) is 13.2 Å². The SMILES string of the molecule is COc1cccnc1NC(=S)N[C@H](CC(C)C)c1ccccc1. The molecular formula is C18H23N3OS. The van der Waals surface area contributed by atoms with Crippen molar-refractivity contribution in [2.75, 3.05) is 12.4 Å². The van der Waals surface area contributed by atoms with Crippen molar-refractivity contribution in [2.24, 2.45) is 5.92 Å². The molecule has 0 spiro atoms. The summed E-state index contributed by atoms with van der Waals surface area (Å²) in [5.74, 6) is 1.83. The number of hydrogen-bond acceptors (Lipinski definition) is 3. The summed E-state index contributed by atoms with van der Waals surface area (Å²) in [7, 11) is 1.62. The van der Waals surface area contributed by atoms with Gasteiger partial charge in [-0.05, 0) is 42.3 Å². The van der Waals surface area contributed by atoms with E-state index in [2.05, 4.69) is 41.6 Å². The molecule has 1 aromatic carbocycles. The average Bonchev–Trinajstić information content (AvgIpc) is 2.55. The lowest BCUT2D eigenvalue weighted by Crippen LogP contribution is -2.33. The average molecular weight is 329 g/mol. The molecule has 1 heterocycles. The van der Waals surface area contributed by atoms with Crippen molar-refractivity contribution >= 4 is 23.1 Å². The minimum atomic E-state index is 0.158. The third-order valence-electron chi connectivity index (χ3n) is 3.44. The highest BCUT2D eigenvalue weighted by Gasteiger charge is 2.15. The molecule has 0 fully saturated rings. The number of benzene rings is 1.